The minimum absolute atomic E-state index is 0.0117. The van der Waals surface area contributed by atoms with E-state index in [4.69, 9.17) is 0 Å². The average Bonchev–Trinajstić information content (AvgIpc) is 2.63. The van der Waals surface area contributed by atoms with Gasteiger partial charge in [-0.25, -0.2) is 0 Å². The standard InChI is InChI=1S/C15H28N2O2/c1-4-12(2)17(13(3)18)11-15(19)16-14-9-7-5-6-8-10-14/h12,14H,4-11H2,1-3H3,(H,16,19). The molecule has 0 spiro atoms. The first-order valence-corrected chi connectivity index (χ1v) is 7.61. The van der Waals surface area contributed by atoms with E-state index >= 15 is 0 Å². The first-order chi connectivity index (χ1) is 9.04. The maximum Gasteiger partial charge on any atom is 0.239 e. The Bertz CT molecular complexity index is 297. The molecule has 1 atom stereocenters. The lowest BCUT2D eigenvalue weighted by Gasteiger charge is -2.27. The van der Waals surface area contributed by atoms with Crippen molar-refractivity contribution in [1.29, 1.82) is 0 Å². The Balaban J connectivity index is 2.45. The maximum absolute atomic E-state index is 12.1. The lowest BCUT2D eigenvalue weighted by Crippen LogP contribution is -2.46. The van der Waals surface area contributed by atoms with Crippen LogP contribution < -0.4 is 5.32 Å². The highest BCUT2D eigenvalue weighted by atomic mass is 16.2. The summed E-state index contributed by atoms with van der Waals surface area (Å²) in [5, 5.41) is 3.09. The van der Waals surface area contributed by atoms with E-state index in [9.17, 15) is 9.59 Å². The molecule has 0 radical (unpaired) electrons. The molecule has 110 valence electrons. The summed E-state index contributed by atoms with van der Waals surface area (Å²) in [5.41, 5.74) is 0. The zero-order chi connectivity index (χ0) is 14.3. The molecule has 1 N–H and O–H groups in total. The quantitative estimate of drug-likeness (QED) is 0.779. The number of carbonyl (C=O) groups is 2. The van der Waals surface area contributed by atoms with Gasteiger partial charge in [0, 0.05) is 19.0 Å². The first kappa shape index (κ1) is 16.0. The Morgan fingerprint density at radius 2 is 1.79 bits per heavy atom. The van der Waals surface area contributed by atoms with Crippen molar-refractivity contribution in [2.45, 2.75) is 77.8 Å². The van der Waals surface area contributed by atoms with Gasteiger partial charge in [-0.15, -0.1) is 0 Å². The van der Waals surface area contributed by atoms with Crippen LogP contribution in [0.5, 0.6) is 0 Å². The summed E-state index contributed by atoms with van der Waals surface area (Å²) in [4.78, 5) is 25.3. The van der Waals surface area contributed by atoms with Crippen LogP contribution in [0, 0.1) is 0 Å². The number of rotatable bonds is 5. The molecule has 2 amide bonds. The fraction of sp³-hybridized carbons (Fsp3) is 0.867. The van der Waals surface area contributed by atoms with Gasteiger partial charge in [0.1, 0.15) is 0 Å². The Labute approximate surface area is 116 Å². The Morgan fingerprint density at radius 1 is 1.21 bits per heavy atom. The van der Waals surface area contributed by atoms with E-state index in [-0.39, 0.29) is 24.4 Å². The van der Waals surface area contributed by atoms with Gasteiger partial charge in [-0.05, 0) is 26.2 Å². The number of amides is 2. The lowest BCUT2D eigenvalue weighted by molar-refractivity contribution is -0.136. The smallest absolute Gasteiger partial charge is 0.239 e. The van der Waals surface area contributed by atoms with Gasteiger partial charge in [0.15, 0.2) is 0 Å². The SMILES string of the molecule is CCC(C)N(CC(=O)NC1CCCCCC1)C(C)=O. The highest BCUT2D eigenvalue weighted by molar-refractivity contribution is 5.84. The molecule has 1 saturated carbocycles. The molecule has 1 aliphatic carbocycles. The molecular formula is C15H28N2O2. The fourth-order valence-electron chi connectivity index (χ4n) is 2.65. The number of hydrogen-bond donors (Lipinski definition) is 1. The second-order valence-electron chi connectivity index (χ2n) is 5.66. The molecule has 1 aliphatic rings. The van der Waals surface area contributed by atoms with Crippen molar-refractivity contribution < 1.29 is 9.59 Å². The van der Waals surface area contributed by atoms with Crippen molar-refractivity contribution in [2.75, 3.05) is 6.54 Å². The second-order valence-corrected chi connectivity index (χ2v) is 5.66. The van der Waals surface area contributed by atoms with Crippen LogP contribution in [-0.2, 0) is 9.59 Å². The van der Waals surface area contributed by atoms with Crippen LogP contribution in [0.2, 0.25) is 0 Å². The van der Waals surface area contributed by atoms with E-state index in [1.54, 1.807) is 4.90 Å². The number of nitrogens with one attached hydrogen (secondary N) is 1. The molecular weight excluding hydrogens is 240 g/mol. The van der Waals surface area contributed by atoms with Gasteiger partial charge >= 0.3 is 0 Å². The van der Waals surface area contributed by atoms with Gasteiger partial charge in [-0.2, -0.15) is 0 Å². The van der Waals surface area contributed by atoms with E-state index in [1.165, 1.54) is 32.6 Å². The van der Waals surface area contributed by atoms with Gasteiger partial charge < -0.3 is 10.2 Å². The predicted molar refractivity (Wildman–Crippen MR) is 76.8 cm³/mol. The van der Waals surface area contributed by atoms with Crippen LogP contribution in [0.4, 0.5) is 0 Å². The molecule has 1 rings (SSSR count). The second kappa shape index (κ2) is 8.18. The molecule has 0 saturated heterocycles. The van der Waals surface area contributed by atoms with Gasteiger partial charge in [0.2, 0.25) is 11.8 Å². The third-order valence-corrected chi connectivity index (χ3v) is 4.06. The van der Waals surface area contributed by atoms with Gasteiger partial charge in [-0.1, -0.05) is 32.6 Å². The van der Waals surface area contributed by atoms with Crippen molar-refractivity contribution in [2.24, 2.45) is 0 Å². The molecule has 4 nitrogen and oxygen atoms in total. The minimum Gasteiger partial charge on any atom is -0.352 e. The largest absolute Gasteiger partial charge is 0.352 e. The number of carbonyl (C=O) groups excluding carboxylic acids is 2. The Hall–Kier alpha value is -1.06. The molecule has 0 aromatic heterocycles. The summed E-state index contributed by atoms with van der Waals surface area (Å²) >= 11 is 0. The molecule has 0 aliphatic heterocycles. The van der Waals surface area contributed by atoms with E-state index < -0.39 is 0 Å². The van der Waals surface area contributed by atoms with E-state index in [0.29, 0.717) is 6.04 Å². The summed E-state index contributed by atoms with van der Waals surface area (Å²) in [5.74, 6) is -0.0345. The van der Waals surface area contributed by atoms with Crippen molar-refractivity contribution in [3.8, 4) is 0 Å². The van der Waals surface area contributed by atoms with Crippen molar-refractivity contribution in [3.63, 3.8) is 0 Å². The molecule has 0 aromatic rings. The molecule has 0 bridgehead atoms. The van der Waals surface area contributed by atoms with Gasteiger partial charge in [0.25, 0.3) is 0 Å². The van der Waals surface area contributed by atoms with Crippen LogP contribution in [0.25, 0.3) is 0 Å². The summed E-state index contributed by atoms with van der Waals surface area (Å²) in [6.45, 7) is 5.75. The lowest BCUT2D eigenvalue weighted by atomic mass is 10.1. The third-order valence-electron chi connectivity index (χ3n) is 4.06. The predicted octanol–water partition coefficient (Wildman–Crippen LogP) is 2.47. The van der Waals surface area contributed by atoms with E-state index in [2.05, 4.69) is 5.32 Å². The highest BCUT2D eigenvalue weighted by Gasteiger charge is 2.20. The van der Waals surface area contributed by atoms with Crippen molar-refractivity contribution >= 4 is 11.8 Å². The average molecular weight is 268 g/mol. The van der Waals surface area contributed by atoms with Crippen molar-refractivity contribution in [3.05, 3.63) is 0 Å². The van der Waals surface area contributed by atoms with Gasteiger partial charge in [-0.3, -0.25) is 9.59 Å². The fourth-order valence-corrected chi connectivity index (χ4v) is 2.65. The van der Waals surface area contributed by atoms with Crippen molar-refractivity contribution in [1.82, 2.24) is 10.2 Å². The van der Waals surface area contributed by atoms with E-state index in [0.717, 1.165) is 19.3 Å². The normalized spacial score (nSPS) is 18.5. The monoisotopic (exact) mass is 268 g/mol. The van der Waals surface area contributed by atoms with Crippen LogP contribution in [0.3, 0.4) is 0 Å². The topological polar surface area (TPSA) is 49.4 Å². The molecule has 1 unspecified atom stereocenters. The summed E-state index contributed by atoms with van der Waals surface area (Å²) in [6.07, 6.45) is 7.98. The van der Waals surface area contributed by atoms with Crippen LogP contribution in [0.1, 0.15) is 65.7 Å². The summed E-state index contributed by atoms with van der Waals surface area (Å²) in [6, 6.07) is 0.429. The Kier molecular flexibility index (Phi) is 6.89. The van der Waals surface area contributed by atoms with Crippen LogP contribution >= 0.6 is 0 Å². The van der Waals surface area contributed by atoms with Gasteiger partial charge in [0.05, 0.1) is 6.54 Å². The third kappa shape index (κ3) is 5.62. The first-order valence-electron chi connectivity index (χ1n) is 7.61. The molecule has 4 heteroatoms. The molecule has 1 fully saturated rings. The zero-order valence-corrected chi connectivity index (χ0v) is 12.6. The van der Waals surface area contributed by atoms with Crippen LogP contribution in [0.15, 0.2) is 0 Å². The maximum atomic E-state index is 12.1. The number of hydrogen-bond acceptors (Lipinski definition) is 2. The minimum atomic E-state index is -0.0228. The highest BCUT2D eigenvalue weighted by Crippen LogP contribution is 2.17. The molecule has 0 aromatic carbocycles. The van der Waals surface area contributed by atoms with Crippen LogP contribution in [-0.4, -0.2) is 35.3 Å². The number of nitrogens with zero attached hydrogens (tertiary/aromatic N) is 1. The molecule has 19 heavy (non-hydrogen) atoms. The molecule has 0 heterocycles. The Morgan fingerprint density at radius 3 is 2.26 bits per heavy atom. The van der Waals surface area contributed by atoms with E-state index in [1.807, 2.05) is 13.8 Å². The summed E-state index contributed by atoms with van der Waals surface area (Å²) in [7, 11) is 0. The zero-order valence-electron chi connectivity index (χ0n) is 12.6. The summed E-state index contributed by atoms with van der Waals surface area (Å²) < 4.78 is 0.